The Morgan fingerprint density at radius 2 is 1.68 bits per heavy atom. The molecule has 1 saturated heterocycles. The van der Waals surface area contributed by atoms with Gasteiger partial charge < -0.3 is 10.1 Å². The zero-order valence-corrected chi connectivity index (χ0v) is 17.9. The number of piperidine rings is 1. The summed E-state index contributed by atoms with van der Waals surface area (Å²) in [6.45, 7) is 1.37. The Morgan fingerprint density at radius 1 is 1.03 bits per heavy atom. The Morgan fingerprint density at radius 3 is 2.35 bits per heavy atom. The van der Waals surface area contributed by atoms with Gasteiger partial charge in [-0.25, -0.2) is 17.2 Å². The lowest BCUT2D eigenvalue weighted by atomic mass is 9.99. The molecule has 1 aliphatic heterocycles. The summed E-state index contributed by atoms with van der Waals surface area (Å²) in [6, 6.07) is 10.5. The second-order valence-corrected chi connectivity index (χ2v) is 9.39. The third-order valence-corrected chi connectivity index (χ3v) is 7.04. The van der Waals surface area contributed by atoms with Gasteiger partial charge in [0.1, 0.15) is 17.4 Å². The third-order valence-electron chi connectivity index (χ3n) is 5.16. The van der Waals surface area contributed by atoms with Crippen molar-refractivity contribution in [3.05, 3.63) is 60.2 Å². The number of nitrogens with zero attached hydrogens (tertiary/aromatic N) is 1. The van der Waals surface area contributed by atoms with Crippen LogP contribution in [0.1, 0.15) is 25.7 Å². The molecule has 1 aliphatic rings. The summed E-state index contributed by atoms with van der Waals surface area (Å²) in [7, 11) is -3.76. The number of ether oxygens (including phenoxy) is 1. The fourth-order valence-electron chi connectivity index (χ4n) is 3.43. The van der Waals surface area contributed by atoms with Gasteiger partial charge in [-0.15, -0.1) is 0 Å². The Hall–Kier alpha value is -2.52. The van der Waals surface area contributed by atoms with E-state index in [1.165, 1.54) is 28.6 Å². The molecule has 1 atom stereocenters. The van der Waals surface area contributed by atoms with Crippen molar-refractivity contribution in [3.8, 4) is 5.75 Å². The zero-order chi connectivity index (χ0) is 22.3. The molecule has 1 heterocycles. The van der Waals surface area contributed by atoms with Gasteiger partial charge in [0, 0.05) is 19.6 Å². The van der Waals surface area contributed by atoms with Crippen LogP contribution in [0.15, 0.2) is 53.4 Å². The summed E-state index contributed by atoms with van der Waals surface area (Å²) in [5, 5.41) is 2.86. The molecule has 0 aromatic heterocycles. The molecular weight excluding hydrogens is 426 g/mol. The molecule has 2 aromatic rings. The van der Waals surface area contributed by atoms with Crippen molar-refractivity contribution < 1.29 is 26.7 Å². The number of amides is 1. The van der Waals surface area contributed by atoms with Crippen molar-refractivity contribution in [2.75, 3.05) is 26.2 Å². The summed E-state index contributed by atoms with van der Waals surface area (Å²) < 4.78 is 58.3. The fourth-order valence-corrected chi connectivity index (χ4v) is 4.96. The van der Waals surface area contributed by atoms with E-state index in [9.17, 15) is 22.0 Å². The van der Waals surface area contributed by atoms with E-state index in [-0.39, 0.29) is 23.2 Å². The quantitative estimate of drug-likeness (QED) is 0.592. The minimum Gasteiger partial charge on any atom is -0.494 e. The van der Waals surface area contributed by atoms with Crippen LogP contribution < -0.4 is 10.1 Å². The van der Waals surface area contributed by atoms with Gasteiger partial charge in [-0.05, 0) is 74.2 Å². The highest BCUT2D eigenvalue weighted by Gasteiger charge is 2.33. The standard InChI is InChI=1S/C22H26F2N2O4S/c23-18-5-9-20(10-6-18)30-15-2-1-13-25-22(27)17-4-3-14-26(16-17)31(28,29)21-11-7-19(24)8-12-21/h5-12,17H,1-4,13-16H2,(H,25,27). The molecule has 2 aromatic carbocycles. The Kier molecular flexibility index (Phi) is 7.97. The SMILES string of the molecule is O=C(NCCCCOc1ccc(F)cc1)C1CCCN(S(=O)(=O)c2ccc(F)cc2)C1. The average Bonchev–Trinajstić information content (AvgIpc) is 2.77. The number of halogens is 2. The molecule has 3 rings (SSSR count). The van der Waals surface area contributed by atoms with E-state index in [1.807, 2.05) is 0 Å². The number of benzene rings is 2. The minimum atomic E-state index is -3.76. The number of carbonyl (C=O) groups excluding carboxylic acids is 1. The van der Waals surface area contributed by atoms with Crippen molar-refractivity contribution >= 4 is 15.9 Å². The van der Waals surface area contributed by atoms with E-state index < -0.39 is 21.8 Å². The van der Waals surface area contributed by atoms with Crippen molar-refractivity contribution in [3.63, 3.8) is 0 Å². The fraction of sp³-hybridized carbons (Fsp3) is 0.409. The van der Waals surface area contributed by atoms with Crippen molar-refractivity contribution in [1.29, 1.82) is 0 Å². The lowest BCUT2D eigenvalue weighted by molar-refractivity contribution is -0.126. The van der Waals surface area contributed by atoms with E-state index in [0.717, 1.165) is 12.1 Å². The van der Waals surface area contributed by atoms with Crippen LogP contribution in [-0.2, 0) is 14.8 Å². The van der Waals surface area contributed by atoms with Gasteiger partial charge in [0.05, 0.1) is 17.4 Å². The van der Waals surface area contributed by atoms with Crippen LogP contribution >= 0.6 is 0 Å². The lowest BCUT2D eigenvalue weighted by Crippen LogP contribution is -2.45. The highest BCUT2D eigenvalue weighted by molar-refractivity contribution is 7.89. The molecule has 1 N–H and O–H groups in total. The van der Waals surface area contributed by atoms with Gasteiger partial charge in [0.25, 0.3) is 0 Å². The van der Waals surface area contributed by atoms with Crippen LogP contribution in [0.3, 0.4) is 0 Å². The first kappa shape index (κ1) is 23.1. The number of hydrogen-bond acceptors (Lipinski definition) is 4. The monoisotopic (exact) mass is 452 g/mol. The molecule has 9 heteroatoms. The summed E-state index contributed by atoms with van der Waals surface area (Å²) in [5.41, 5.74) is 0. The molecule has 0 bridgehead atoms. The van der Waals surface area contributed by atoms with Gasteiger partial charge in [-0.2, -0.15) is 4.31 Å². The second-order valence-electron chi connectivity index (χ2n) is 7.46. The Balaban J connectivity index is 1.41. The second kappa shape index (κ2) is 10.7. The van der Waals surface area contributed by atoms with Crippen LogP contribution in [0.25, 0.3) is 0 Å². The summed E-state index contributed by atoms with van der Waals surface area (Å²) >= 11 is 0. The largest absolute Gasteiger partial charge is 0.494 e. The topological polar surface area (TPSA) is 75.7 Å². The molecule has 168 valence electrons. The van der Waals surface area contributed by atoms with Gasteiger partial charge in [-0.3, -0.25) is 4.79 Å². The average molecular weight is 453 g/mol. The first-order chi connectivity index (χ1) is 14.9. The zero-order valence-electron chi connectivity index (χ0n) is 17.1. The number of carbonyl (C=O) groups is 1. The number of unbranched alkanes of at least 4 members (excludes halogenated alkanes) is 1. The minimum absolute atomic E-state index is 0.0242. The van der Waals surface area contributed by atoms with Crippen LogP contribution in [0.5, 0.6) is 5.75 Å². The smallest absolute Gasteiger partial charge is 0.243 e. The Bertz CT molecular complexity index is 966. The summed E-state index contributed by atoms with van der Waals surface area (Å²) in [4.78, 5) is 12.5. The molecule has 6 nitrogen and oxygen atoms in total. The molecule has 0 radical (unpaired) electrons. The molecule has 0 aliphatic carbocycles. The van der Waals surface area contributed by atoms with Gasteiger partial charge >= 0.3 is 0 Å². The Labute approximate surface area is 181 Å². The number of rotatable bonds is 9. The van der Waals surface area contributed by atoms with E-state index >= 15 is 0 Å². The van der Waals surface area contributed by atoms with Gasteiger partial charge in [0.15, 0.2) is 0 Å². The molecule has 1 unspecified atom stereocenters. The van der Waals surface area contributed by atoms with E-state index in [2.05, 4.69) is 5.32 Å². The number of sulfonamides is 1. The van der Waals surface area contributed by atoms with Gasteiger partial charge in [-0.1, -0.05) is 0 Å². The number of nitrogens with one attached hydrogen (secondary N) is 1. The molecule has 0 spiro atoms. The third kappa shape index (κ3) is 6.48. The van der Waals surface area contributed by atoms with Crippen molar-refractivity contribution in [2.24, 2.45) is 5.92 Å². The molecule has 1 fully saturated rings. The van der Waals surface area contributed by atoms with E-state index in [0.29, 0.717) is 51.1 Å². The van der Waals surface area contributed by atoms with E-state index in [4.69, 9.17) is 4.74 Å². The lowest BCUT2D eigenvalue weighted by Gasteiger charge is -2.31. The molecule has 1 amide bonds. The molecule has 0 saturated carbocycles. The normalized spacial score (nSPS) is 17.3. The first-order valence-electron chi connectivity index (χ1n) is 10.3. The molecular formula is C22H26F2N2O4S. The number of hydrogen-bond donors (Lipinski definition) is 1. The van der Waals surface area contributed by atoms with Crippen LogP contribution in [0.2, 0.25) is 0 Å². The maximum Gasteiger partial charge on any atom is 0.243 e. The van der Waals surface area contributed by atoms with Crippen molar-refractivity contribution in [1.82, 2.24) is 9.62 Å². The maximum absolute atomic E-state index is 13.1. The van der Waals surface area contributed by atoms with E-state index in [1.54, 1.807) is 12.1 Å². The molecule has 31 heavy (non-hydrogen) atoms. The van der Waals surface area contributed by atoms with Gasteiger partial charge in [0.2, 0.25) is 15.9 Å². The van der Waals surface area contributed by atoms with Crippen molar-refractivity contribution in [2.45, 2.75) is 30.6 Å². The summed E-state index contributed by atoms with van der Waals surface area (Å²) in [6.07, 6.45) is 2.63. The van der Waals surface area contributed by atoms with Crippen LogP contribution in [0, 0.1) is 17.6 Å². The first-order valence-corrected chi connectivity index (χ1v) is 11.7. The van der Waals surface area contributed by atoms with Crippen LogP contribution in [0.4, 0.5) is 8.78 Å². The predicted molar refractivity (Wildman–Crippen MR) is 112 cm³/mol. The summed E-state index contributed by atoms with van der Waals surface area (Å²) in [5.74, 6) is -0.812. The predicted octanol–water partition coefficient (Wildman–Crippen LogP) is 3.34. The van der Waals surface area contributed by atoms with Crippen LogP contribution in [-0.4, -0.2) is 44.9 Å². The maximum atomic E-state index is 13.1. The highest BCUT2D eigenvalue weighted by atomic mass is 32.2. The highest BCUT2D eigenvalue weighted by Crippen LogP contribution is 2.24.